The lowest BCUT2D eigenvalue weighted by Crippen LogP contribution is -2.57. The first-order valence-corrected chi connectivity index (χ1v) is 10.4. The maximum atomic E-state index is 12.4. The molecule has 1 amide bonds. The van der Waals surface area contributed by atoms with Crippen molar-refractivity contribution in [3.63, 3.8) is 0 Å². The molecule has 1 aromatic carbocycles. The number of nitrogens with zero attached hydrogens (tertiary/aromatic N) is 2. The van der Waals surface area contributed by atoms with E-state index in [0.717, 1.165) is 56.5 Å². The van der Waals surface area contributed by atoms with Crippen molar-refractivity contribution in [3.8, 4) is 0 Å². The molecule has 144 valence electrons. The summed E-state index contributed by atoms with van der Waals surface area (Å²) in [5, 5.41) is 0. The van der Waals surface area contributed by atoms with Crippen LogP contribution >= 0.6 is 0 Å². The molecule has 1 fully saturated rings. The van der Waals surface area contributed by atoms with Crippen LogP contribution < -0.4 is 0 Å². The van der Waals surface area contributed by atoms with Crippen LogP contribution in [-0.2, 0) is 11.3 Å². The summed E-state index contributed by atoms with van der Waals surface area (Å²) in [4.78, 5) is 14.5. The predicted octanol–water partition coefficient (Wildman–Crippen LogP) is 4.78. The van der Waals surface area contributed by atoms with Gasteiger partial charge in [0.25, 0.3) is 0 Å². The van der Waals surface area contributed by atoms with E-state index in [4.69, 9.17) is 0 Å². The lowest BCUT2D eigenvalue weighted by Gasteiger charge is -2.42. The lowest BCUT2D eigenvalue weighted by molar-refractivity contribution is -0.926. The fourth-order valence-corrected chi connectivity index (χ4v) is 3.81. The largest absolute Gasteiger partial charge is 0.331 e. The van der Waals surface area contributed by atoms with Crippen molar-refractivity contribution >= 4 is 5.91 Å². The fourth-order valence-electron chi connectivity index (χ4n) is 3.81. The van der Waals surface area contributed by atoms with E-state index < -0.39 is 0 Å². The van der Waals surface area contributed by atoms with E-state index in [1.165, 1.54) is 37.7 Å². The molecule has 0 spiro atoms. The van der Waals surface area contributed by atoms with Gasteiger partial charge in [-0.2, -0.15) is 0 Å². The Morgan fingerprint density at radius 2 is 1.65 bits per heavy atom. The van der Waals surface area contributed by atoms with Gasteiger partial charge < -0.3 is 9.38 Å². The highest BCUT2D eigenvalue weighted by molar-refractivity contribution is 5.76. The van der Waals surface area contributed by atoms with Crippen molar-refractivity contribution in [2.24, 2.45) is 0 Å². The second kappa shape index (κ2) is 11.2. The van der Waals surface area contributed by atoms with Gasteiger partial charge in [-0.05, 0) is 19.3 Å². The first kappa shape index (κ1) is 20.7. The van der Waals surface area contributed by atoms with Crippen LogP contribution in [0.2, 0.25) is 0 Å². The van der Waals surface area contributed by atoms with E-state index in [1.807, 2.05) is 6.08 Å². The average molecular weight is 358 g/mol. The van der Waals surface area contributed by atoms with Crippen LogP contribution in [0.15, 0.2) is 43.0 Å². The van der Waals surface area contributed by atoms with Crippen LogP contribution in [0.5, 0.6) is 0 Å². The van der Waals surface area contributed by atoms with Crippen LogP contribution in [0.25, 0.3) is 0 Å². The highest BCUT2D eigenvalue weighted by Crippen LogP contribution is 2.17. The number of hydrogen-bond donors (Lipinski definition) is 0. The van der Waals surface area contributed by atoms with E-state index >= 15 is 0 Å². The van der Waals surface area contributed by atoms with Gasteiger partial charge in [0.15, 0.2) is 0 Å². The van der Waals surface area contributed by atoms with Gasteiger partial charge in [0, 0.05) is 12.0 Å². The maximum absolute atomic E-state index is 12.4. The molecule has 0 radical (unpaired) electrons. The summed E-state index contributed by atoms with van der Waals surface area (Å²) in [6, 6.07) is 10.7. The highest BCUT2D eigenvalue weighted by atomic mass is 16.2. The molecule has 2 rings (SSSR count). The van der Waals surface area contributed by atoms with Crippen molar-refractivity contribution in [2.75, 3.05) is 33.2 Å². The summed E-state index contributed by atoms with van der Waals surface area (Å²) in [7, 11) is 2.32. The number of piperazine rings is 1. The Labute approximate surface area is 160 Å². The third kappa shape index (κ3) is 7.33. The Hall–Kier alpha value is -1.61. The van der Waals surface area contributed by atoms with Crippen LogP contribution in [0.3, 0.4) is 0 Å². The number of likely N-dealkylation sites (N-methyl/N-ethyl adjacent to an activating group) is 1. The molecular formula is C23H37N2O+. The molecule has 0 atom stereocenters. The molecule has 1 aliphatic rings. The first-order valence-electron chi connectivity index (χ1n) is 10.4. The number of hydrogen-bond acceptors (Lipinski definition) is 1. The minimum atomic E-state index is 0.364. The monoisotopic (exact) mass is 357 g/mol. The molecule has 0 aromatic heterocycles. The number of rotatable bonds is 11. The lowest BCUT2D eigenvalue weighted by atomic mass is 10.1. The number of quaternary nitrogens is 1. The summed E-state index contributed by atoms with van der Waals surface area (Å²) in [6.07, 6.45) is 11.2. The van der Waals surface area contributed by atoms with Crippen LogP contribution in [-0.4, -0.2) is 48.5 Å². The second-order valence-corrected chi connectivity index (χ2v) is 8.04. The Kier molecular flexibility index (Phi) is 8.90. The molecule has 1 heterocycles. The normalized spacial score (nSPS) is 16.4. The number of allylic oxidation sites excluding steroid dienone is 1. The number of carbonyl (C=O) groups is 1. The molecule has 0 bridgehead atoms. The topological polar surface area (TPSA) is 20.3 Å². The Morgan fingerprint density at radius 1 is 1.04 bits per heavy atom. The van der Waals surface area contributed by atoms with Gasteiger partial charge in [-0.25, -0.2) is 0 Å². The SMILES string of the molecule is C=CCCCCCCCCC(=O)N1CC[N+](C)(Cc2ccccc2)CC1. The summed E-state index contributed by atoms with van der Waals surface area (Å²) < 4.78 is 1.04. The summed E-state index contributed by atoms with van der Waals surface area (Å²) in [5.74, 6) is 0.364. The average Bonchev–Trinajstić information content (AvgIpc) is 2.65. The van der Waals surface area contributed by atoms with Crippen molar-refractivity contribution < 1.29 is 9.28 Å². The smallest absolute Gasteiger partial charge is 0.222 e. The number of benzene rings is 1. The zero-order chi connectivity index (χ0) is 18.7. The third-order valence-electron chi connectivity index (χ3n) is 5.63. The molecule has 3 nitrogen and oxygen atoms in total. The number of carbonyl (C=O) groups excluding carboxylic acids is 1. The van der Waals surface area contributed by atoms with Gasteiger partial charge in [-0.15, -0.1) is 6.58 Å². The molecule has 3 heteroatoms. The van der Waals surface area contributed by atoms with Gasteiger partial charge in [-0.3, -0.25) is 4.79 Å². The maximum Gasteiger partial charge on any atom is 0.222 e. The molecular weight excluding hydrogens is 320 g/mol. The predicted molar refractivity (Wildman–Crippen MR) is 110 cm³/mol. The second-order valence-electron chi connectivity index (χ2n) is 8.04. The molecule has 1 aliphatic heterocycles. The van der Waals surface area contributed by atoms with Gasteiger partial charge in [-0.1, -0.05) is 62.1 Å². The molecule has 0 saturated carbocycles. The van der Waals surface area contributed by atoms with Crippen LogP contribution in [0, 0.1) is 0 Å². The van der Waals surface area contributed by atoms with Crippen molar-refractivity contribution in [3.05, 3.63) is 48.6 Å². The molecule has 0 aliphatic carbocycles. The summed E-state index contributed by atoms with van der Waals surface area (Å²) >= 11 is 0. The minimum absolute atomic E-state index is 0.364. The van der Waals surface area contributed by atoms with Gasteiger partial charge >= 0.3 is 0 Å². The Morgan fingerprint density at radius 3 is 2.31 bits per heavy atom. The van der Waals surface area contributed by atoms with Crippen molar-refractivity contribution in [1.29, 1.82) is 0 Å². The van der Waals surface area contributed by atoms with E-state index in [-0.39, 0.29) is 0 Å². The van der Waals surface area contributed by atoms with Crippen LogP contribution in [0.1, 0.15) is 56.9 Å². The molecule has 1 saturated heterocycles. The highest BCUT2D eigenvalue weighted by Gasteiger charge is 2.30. The van der Waals surface area contributed by atoms with Crippen LogP contribution in [0.4, 0.5) is 0 Å². The molecule has 0 N–H and O–H groups in total. The third-order valence-corrected chi connectivity index (χ3v) is 5.63. The van der Waals surface area contributed by atoms with E-state index in [1.54, 1.807) is 0 Å². The Bertz CT molecular complexity index is 532. The van der Waals surface area contributed by atoms with E-state index in [9.17, 15) is 4.79 Å². The molecule has 0 unspecified atom stereocenters. The minimum Gasteiger partial charge on any atom is -0.331 e. The first-order chi connectivity index (χ1) is 12.6. The van der Waals surface area contributed by atoms with Gasteiger partial charge in [0.1, 0.15) is 6.54 Å². The zero-order valence-corrected chi connectivity index (χ0v) is 16.7. The summed E-state index contributed by atoms with van der Waals surface area (Å²) in [6.45, 7) is 8.75. The van der Waals surface area contributed by atoms with Crippen molar-refractivity contribution in [2.45, 2.75) is 57.9 Å². The van der Waals surface area contributed by atoms with Gasteiger partial charge in [0.05, 0.1) is 33.2 Å². The summed E-state index contributed by atoms with van der Waals surface area (Å²) in [5.41, 5.74) is 1.39. The van der Waals surface area contributed by atoms with E-state index in [0.29, 0.717) is 5.91 Å². The standard InChI is InChI=1S/C23H37N2O/c1-3-4-5-6-7-8-9-13-16-23(26)24-17-19-25(2,20-18-24)21-22-14-11-10-12-15-22/h3,10-12,14-15H,1,4-9,13,16-21H2,2H3/q+1. The van der Waals surface area contributed by atoms with E-state index in [2.05, 4.69) is 48.9 Å². The van der Waals surface area contributed by atoms with Gasteiger partial charge in [0.2, 0.25) is 5.91 Å². The number of amides is 1. The zero-order valence-electron chi connectivity index (χ0n) is 16.7. The quantitative estimate of drug-likeness (QED) is 0.317. The Balaban J connectivity index is 1.59. The molecule has 1 aromatic rings. The van der Waals surface area contributed by atoms with Crippen molar-refractivity contribution in [1.82, 2.24) is 4.90 Å². The fraction of sp³-hybridized carbons (Fsp3) is 0.609. The number of unbranched alkanes of at least 4 members (excludes halogenated alkanes) is 6. The molecule has 26 heavy (non-hydrogen) atoms.